The fourth-order valence-corrected chi connectivity index (χ4v) is 3.51. The molecule has 1 amide bonds. The molecule has 2 heterocycles. The topological polar surface area (TPSA) is 196 Å². The van der Waals surface area contributed by atoms with Crippen LogP contribution in [0.4, 0.5) is 16.2 Å². The lowest BCUT2D eigenvalue weighted by molar-refractivity contribution is -0.384. The number of amides is 1. The molecule has 2 aromatic carbocycles. The number of fused-ring (bicyclic) bond motifs is 1. The molecule has 0 saturated carbocycles. The molecule has 0 unspecified atom stereocenters. The molecule has 0 fully saturated rings. The summed E-state index contributed by atoms with van der Waals surface area (Å²) in [6.07, 6.45) is 1.87. The molecule has 0 spiro atoms. The van der Waals surface area contributed by atoms with Crippen LogP contribution in [0.2, 0.25) is 0 Å². The van der Waals surface area contributed by atoms with Crippen LogP contribution in [0.1, 0.15) is 33.3 Å². The normalized spacial score (nSPS) is 10.7. The van der Waals surface area contributed by atoms with Crippen LogP contribution in [-0.4, -0.2) is 49.2 Å². The van der Waals surface area contributed by atoms with Gasteiger partial charge < -0.3 is 19.6 Å². The number of nitro benzene ring substituents is 1. The Bertz CT molecular complexity index is 1620. The van der Waals surface area contributed by atoms with Crippen molar-refractivity contribution in [2.24, 2.45) is 0 Å². The number of carbonyl (C=O) groups is 3. The molecule has 0 saturated heterocycles. The number of carbonyl (C=O) groups excluding carboxylic acids is 2. The number of H-pyrrole nitrogens is 1. The summed E-state index contributed by atoms with van der Waals surface area (Å²) in [6.45, 7) is 1.66. The summed E-state index contributed by atoms with van der Waals surface area (Å²) in [5, 5.41) is 23.6. The average molecular weight is 521 g/mol. The van der Waals surface area contributed by atoms with Gasteiger partial charge in [0.25, 0.3) is 11.2 Å². The van der Waals surface area contributed by atoms with Crippen LogP contribution in [0.15, 0.2) is 59.8 Å². The molecular formula is C24H19N5O9. The Kier molecular flexibility index (Phi) is 7.14. The number of aromatic nitrogens is 3. The lowest BCUT2D eigenvalue weighted by Crippen LogP contribution is -2.17. The van der Waals surface area contributed by atoms with Crippen molar-refractivity contribution in [1.29, 1.82) is 0 Å². The number of imidazole rings is 1. The predicted octanol–water partition coefficient (Wildman–Crippen LogP) is 3.25. The lowest BCUT2D eigenvalue weighted by Gasteiger charge is -2.07. The Labute approximate surface area is 212 Å². The third-order valence-electron chi connectivity index (χ3n) is 5.27. The number of pyridine rings is 1. The number of nitrogens with zero attached hydrogens (tertiary/aromatic N) is 3. The second-order valence-electron chi connectivity index (χ2n) is 7.77. The van der Waals surface area contributed by atoms with Crippen LogP contribution in [0.25, 0.3) is 16.6 Å². The van der Waals surface area contributed by atoms with Crippen LogP contribution < -0.4 is 10.9 Å². The van der Waals surface area contributed by atoms with E-state index in [0.29, 0.717) is 11.3 Å². The van der Waals surface area contributed by atoms with Gasteiger partial charge in [-0.3, -0.25) is 24.8 Å². The van der Waals surface area contributed by atoms with Gasteiger partial charge in [0, 0.05) is 23.3 Å². The maximum atomic E-state index is 12.2. The van der Waals surface area contributed by atoms with Gasteiger partial charge in [0.05, 0.1) is 34.6 Å². The van der Waals surface area contributed by atoms with Gasteiger partial charge >= 0.3 is 18.0 Å². The molecular weight excluding hydrogens is 502 g/mol. The number of nitrogens with one attached hydrogen (secondary N) is 2. The minimum absolute atomic E-state index is 0.0516. The van der Waals surface area contributed by atoms with E-state index in [1.807, 2.05) is 0 Å². The zero-order valence-corrected chi connectivity index (χ0v) is 19.7. The highest BCUT2D eigenvalue weighted by molar-refractivity contribution is 5.94. The summed E-state index contributed by atoms with van der Waals surface area (Å²) in [4.78, 5) is 64.5. The van der Waals surface area contributed by atoms with Crippen molar-refractivity contribution in [3.63, 3.8) is 0 Å². The molecule has 0 bridgehead atoms. The first-order valence-electron chi connectivity index (χ1n) is 11.0. The predicted molar refractivity (Wildman–Crippen MR) is 132 cm³/mol. The maximum absolute atomic E-state index is 12.2. The Morgan fingerprint density at radius 2 is 1.89 bits per heavy atom. The van der Waals surface area contributed by atoms with E-state index in [-0.39, 0.29) is 41.2 Å². The van der Waals surface area contributed by atoms with Gasteiger partial charge in [-0.15, -0.1) is 0 Å². The molecule has 14 heteroatoms. The van der Waals surface area contributed by atoms with E-state index in [1.54, 1.807) is 6.92 Å². The fourth-order valence-electron chi connectivity index (χ4n) is 3.51. The van der Waals surface area contributed by atoms with E-state index in [2.05, 4.69) is 15.3 Å². The van der Waals surface area contributed by atoms with Crippen molar-refractivity contribution in [1.82, 2.24) is 14.5 Å². The molecule has 2 aromatic heterocycles. The number of hydrogen-bond acceptors (Lipinski definition) is 9. The number of aromatic amines is 1. The maximum Gasteiger partial charge on any atom is 0.412 e. The molecule has 0 aliphatic heterocycles. The number of carboxylic acids is 1. The Morgan fingerprint density at radius 3 is 2.55 bits per heavy atom. The number of esters is 1. The molecule has 0 aliphatic carbocycles. The van der Waals surface area contributed by atoms with E-state index >= 15 is 0 Å². The molecule has 14 nitrogen and oxygen atoms in total. The van der Waals surface area contributed by atoms with Gasteiger partial charge in [-0.05, 0) is 43.3 Å². The van der Waals surface area contributed by atoms with E-state index in [0.717, 1.165) is 12.1 Å². The smallest absolute Gasteiger partial charge is 0.412 e. The Hall–Kier alpha value is -5.53. The molecule has 4 rings (SSSR count). The summed E-state index contributed by atoms with van der Waals surface area (Å²) in [6, 6.07) is 9.56. The van der Waals surface area contributed by atoms with Crippen molar-refractivity contribution in [3.8, 4) is 5.69 Å². The SMILES string of the molecule is CCOC(=O)c1ccc(NC(=O)OCc2cn(-c3cc4cc(C(=O)O)c(=O)[nH]c4cc3[N+](=O)[O-])cn2)cc1. The number of hydrogen-bond donors (Lipinski definition) is 3. The van der Waals surface area contributed by atoms with Gasteiger partial charge in [-0.25, -0.2) is 19.4 Å². The zero-order chi connectivity index (χ0) is 27.4. The molecule has 0 atom stereocenters. The van der Waals surface area contributed by atoms with Crippen molar-refractivity contribution < 1.29 is 33.9 Å². The summed E-state index contributed by atoms with van der Waals surface area (Å²) >= 11 is 0. The second kappa shape index (κ2) is 10.6. The van der Waals surface area contributed by atoms with Crippen LogP contribution >= 0.6 is 0 Å². The molecule has 194 valence electrons. The summed E-state index contributed by atoms with van der Waals surface area (Å²) in [5.41, 5.74) is -0.670. The number of benzene rings is 2. The van der Waals surface area contributed by atoms with E-state index in [4.69, 9.17) is 9.47 Å². The van der Waals surface area contributed by atoms with Gasteiger partial charge in [0.15, 0.2) is 0 Å². The van der Waals surface area contributed by atoms with Gasteiger partial charge in [0.2, 0.25) is 0 Å². The number of aromatic carboxylic acids is 1. The third kappa shape index (κ3) is 5.48. The van der Waals surface area contributed by atoms with Crippen LogP contribution in [0.3, 0.4) is 0 Å². The average Bonchev–Trinajstić information content (AvgIpc) is 3.35. The number of rotatable bonds is 8. The van der Waals surface area contributed by atoms with Crippen molar-refractivity contribution in [2.75, 3.05) is 11.9 Å². The van der Waals surface area contributed by atoms with Gasteiger partial charge in [0.1, 0.15) is 17.9 Å². The number of ether oxygens (including phenoxy) is 2. The monoisotopic (exact) mass is 521 g/mol. The zero-order valence-electron chi connectivity index (χ0n) is 19.7. The number of anilines is 1. The van der Waals surface area contributed by atoms with Crippen molar-refractivity contribution >= 4 is 40.3 Å². The van der Waals surface area contributed by atoms with E-state index in [9.17, 15) is 34.4 Å². The van der Waals surface area contributed by atoms with Crippen LogP contribution in [0.5, 0.6) is 0 Å². The first-order chi connectivity index (χ1) is 18.2. The molecule has 0 aliphatic rings. The quantitative estimate of drug-likeness (QED) is 0.176. The highest BCUT2D eigenvalue weighted by Gasteiger charge is 2.20. The minimum Gasteiger partial charge on any atom is -0.477 e. The summed E-state index contributed by atoms with van der Waals surface area (Å²) in [5.74, 6) is -1.93. The highest BCUT2D eigenvalue weighted by Crippen LogP contribution is 2.28. The minimum atomic E-state index is -1.44. The highest BCUT2D eigenvalue weighted by atomic mass is 16.6. The van der Waals surface area contributed by atoms with Crippen molar-refractivity contribution in [2.45, 2.75) is 13.5 Å². The lowest BCUT2D eigenvalue weighted by atomic mass is 10.1. The Balaban J connectivity index is 1.49. The number of carboxylic acid groups (broad SMARTS) is 1. The van der Waals surface area contributed by atoms with Gasteiger partial charge in [-0.2, -0.15) is 0 Å². The second-order valence-corrected chi connectivity index (χ2v) is 7.77. The fraction of sp³-hybridized carbons (Fsp3) is 0.125. The number of nitro groups is 1. The molecule has 4 aromatic rings. The van der Waals surface area contributed by atoms with Crippen molar-refractivity contribution in [3.05, 3.63) is 92.3 Å². The summed E-state index contributed by atoms with van der Waals surface area (Å²) < 4.78 is 11.4. The van der Waals surface area contributed by atoms with Crippen LogP contribution in [-0.2, 0) is 16.1 Å². The van der Waals surface area contributed by atoms with E-state index < -0.39 is 34.1 Å². The van der Waals surface area contributed by atoms with Gasteiger partial charge in [-0.1, -0.05) is 0 Å². The molecule has 0 radical (unpaired) electrons. The molecule has 3 N–H and O–H groups in total. The first-order valence-corrected chi connectivity index (χ1v) is 11.0. The van der Waals surface area contributed by atoms with Crippen LogP contribution in [0, 0.1) is 10.1 Å². The third-order valence-corrected chi connectivity index (χ3v) is 5.27. The Morgan fingerprint density at radius 1 is 1.16 bits per heavy atom. The molecule has 38 heavy (non-hydrogen) atoms. The summed E-state index contributed by atoms with van der Waals surface area (Å²) in [7, 11) is 0. The largest absolute Gasteiger partial charge is 0.477 e. The standard InChI is InChI=1S/C24H19N5O9/c1-2-37-23(33)13-3-5-15(6-4-13)26-24(34)38-11-16-10-28(12-25-16)19-8-14-7-17(22(31)32)21(30)27-18(14)9-20(19)29(35)36/h3-10,12H,2,11H2,1H3,(H,26,34)(H,27,30)(H,31,32). The first kappa shape index (κ1) is 25.6. The van der Waals surface area contributed by atoms with E-state index in [1.165, 1.54) is 47.4 Å².